The second-order valence-electron chi connectivity index (χ2n) is 12.5. The molecule has 0 heterocycles. The Hall–Kier alpha value is -3.07. The van der Waals surface area contributed by atoms with Gasteiger partial charge in [-0.25, -0.2) is 18.0 Å². The van der Waals surface area contributed by atoms with E-state index in [2.05, 4.69) is 13.8 Å². The SMILES string of the molecule is CCCCCCCCCCCCOC(=O)c1ccc(O)c(S(=O)(=O)c2cc(C(=O)OCCCCCCCCCCCC)ccc2O)c1. The minimum atomic E-state index is -4.52. The Morgan fingerprint density at radius 1 is 0.511 bits per heavy atom. The normalized spacial score (nSPS) is 11.4. The van der Waals surface area contributed by atoms with Crippen molar-refractivity contribution in [3.8, 4) is 11.5 Å². The maximum atomic E-state index is 13.5. The molecule has 0 aromatic heterocycles. The van der Waals surface area contributed by atoms with Crippen LogP contribution in [0.25, 0.3) is 0 Å². The maximum Gasteiger partial charge on any atom is 0.338 e. The summed E-state index contributed by atoms with van der Waals surface area (Å²) in [6.45, 7) is 4.84. The predicted octanol–water partition coefficient (Wildman–Crippen LogP) is 10.1. The van der Waals surface area contributed by atoms with Gasteiger partial charge < -0.3 is 19.7 Å². The van der Waals surface area contributed by atoms with E-state index < -0.39 is 43.1 Å². The number of carbonyl (C=O) groups is 2. The van der Waals surface area contributed by atoms with Crippen molar-refractivity contribution >= 4 is 21.8 Å². The van der Waals surface area contributed by atoms with Crippen LogP contribution in [0.1, 0.15) is 163 Å². The van der Waals surface area contributed by atoms with Gasteiger partial charge in [0.2, 0.25) is 9.84 Å². The van der Waals surface area contributed by atoms with Crippen molar-refractivity contribution in [2.24, 2.45) is 0 Å². The number of unbranched alkanes of at least 4 members (excludes halogenated alkanes) is 18. The molecule has 0 unspecified atom stereocenters. The molecule has 9 heteroatoms. The van der Waals surface area contributed by atoms with Gasteiger partial charge in [0.25, 0.3) is 0 Å². The number of benzene rings is 2. The largest absolute Gasteiger partial charge is 0.507 e. The van der Waals surface area contributed by atoms with Crippen LogP contribution in [0.4, 0.5) is 0 Å². The van der Waals surface area contributed by atoms with E-state index in [4.69, 9.17) is 9.47 Å². The van der Waals surface area contributed by atoms with E-state index in [1.165, 1.54) is 89.2 Å². The number of ether oxygens (including phenoxy) is 2. The molecule has 0 saturated heterocycles. The predicted molar refractivity (Wildman–Crippen MR) is 186 cm³/mol. The first kappa shape index (κ1) is 40.1. The van der Waals surface area contributed by atoms with Gasteiger partial charge in [-0.05, 0) is 49.2 Å². The van der Waals surface area contributed by atoms with Gasteiger partial charge in [0.05, 0.1) is 24.3 Å². The third kappa shape index (κ3) is 15.1. The second-order valence-corrected chi connectivity index (χ2v) is 14.4. The highest BCUT2D eigenvalue weighted by Crippen LogP contribution is 2.35. The van der Waals surface area contributed by atoms with Crippen LogP contribution >= 0.6 is 0 Å². The summed E-state index contributed by atoms with van der Waals surface area (Å²) in [6.07, 6.45) is 23.0. The van der Waals surface area contributed by atoms with E-state index in [-0.39, 0.29) is 24.3 Å². The summed E-state index contributed by atoms with van der Waals surface area (Å²) in [4.78, 5) is 24.2. The number of sulfone groups is 1. The summed E-state index contributed by atoms with van der Waals surface area (Å²) in [5.74, 6) is -2.59. The summed E-state index contributed by atoms with van der Waals surface area (Å²) in [7, 11) is -4.52. The average molecular weight is 675 g/mol. The van der Waals surface area contributed by atoms with Crippen molar-refractivity contribution < 1.29 is 37.7 Å². The highest BCUT2D eigenvalue weighted by atomic mass is 32.2. The monoisotopic (exact) mass is 674 g/mol. The topological polar surface area (TPSA) is 127 Å². The number of esters is 2. The molecule has 0 aliphatic carbocycles. The molecule has 2 rings (SSSR count). The highest BCUT2D eigenvalue weighted by Gasteiger charge is 2.28. The Morgan fingerprint density at radius 2 is 0.809 bits per heavy atom. The molecular formula is C38H58O8S. The second kappa shape index (κ2) is 23.3. The van der Waals surface area contributed by atoms with Crippen LogP contribution in [0, 0.1) is 0 Å². The van der Waals surface area contributed by atoms with E-state index in [0.29, 0.717) is 12.8 Å². The van der Waals surface area contributed by atoms with Gasteiger partial charge in [0, 0.05) is 0 Å². The molecule has 0 spiro atoms. The molecule has 2 aromatic carbocycles. The first-order chi connectivity index (χ1) is 22.7. The number of phenols is 2. The molecule has 8 nitrogen and oxygen atoms in total. The van der Waals surface area contributed by atoms with Crippen molar-refractivity contribution in [2.45, 2.75) is 152 Å². The van der Waals surface area contributed by atoms with E-state index in [1.54, 1.807) is 0 Å². The maximum absolute atomic E-state index is 13.5. The summed E-state index contributed by atoms with van der Waals surface area (Å²) < 4.78 is 37.7. The lowest BCUT2D eigenvalue weighted by atomic mass is 10.1. The van der Waals surface area contributed by atoms with Gasteiger partial charge in [-0.1, -0.05) is 129 Å². The summed E-state index contributed by atoms with van der Waals surface area (Å²) in [5.41, 5.74) is -0.0833. The fourth-order valence-electron chi connectivity index (χ4n) is 5.51. The van der Waals surface area contributed by atoms with Crippen LogP contribution in [0.5, 0.6) is 11.5 Å². The Kier molecular flexibility index (Phi) is 19.9. The summed E-state index contributed by atoms with van der Waals surface area (Å²) in [5, 5.41) is 20.8. The molecule has 0 amide bonds. The van der Waals surface area contributed by atoms with Crippen LogP contribution in [0.2, 0.25) is 0 Å². The van der Waals surface area contributed by atoms with Gasteiger partial charge in [-0.15, -0.1) is 0 Å². The van der Waals surface area contributed by atoms with Crippen molar-refractivity contribution in [1.29, 1.82) is 0 Å². The van der Waals surface area contributed by atoms with Gasteiger partial charge in [0.15, 0.2) is 0 Å². The average Bonchev–Trinajstić information content (AvgIpc) is 3.06. The molecule has 0 fully saturated rings. The van der Waals surface area contributed by atoms with Gasteiger partial charge in [-0.3, -0.25) is 0 Å². The van der Waals surface area contributed by atoms with E-state index in [0.717, 1.165) is 62.8 Å². The molecule has 0 aliphatic rings. The van der Waals surface area contributed by atoms with Crippen LogP contribution in [0.3, 0.4) is 0 Å². The van der Waals surface area contributed by atoms with Gasteiger partial charge in [0.1, 0.15) is 21.3 Å². The minimum absolute atomic E-state index is 0.0417. The zero-order chi connectivity index (χ0) is 34.3. The van der Waals surface area contributed by atoms with Crippen LogP contribution in [0.15, 0.2) is 46.2 Å². The van der Waals surface area contributed by atoms with Crippen molar-refractivity contribution in [2.75, 3.05) is 13.2 Å². The molecule has 0 saturated carbocycles. The first-order valence-electron chi connectivity index (χ1n) is 18.0. The smallest absolute Gasteiger partial charge is 0.338 e. The third-order valence-electron chi connectivity index (χ3n) is 8.43. The quantitative estimate of drug-likeness (QED) is 0.0745. The summed E-state index contributed by atoms with van der Waals surface area (Å²) >= 11 is 0. The van der Waals surface area contributed by atoms with Gasteiger partial charge >= 0.3 is 11.9 Å². The molecule has 264 valence electrons. The molecule has 0 radical (unpaired) electrons. The van der Waals surface area contributed by atoms with E-state index >= 15 is 0 Å². The van der Waals surface area contributed by atoms with E-state index in [9.17, 15) is 28.2 Å². The fraction of sp³-hybridized carbons (Fsp3) is 0.632. The first-order valence-corrected chi connectivity index (χ1v) is 19.5. The minimum Gasteiger partial charge on any atom is -0.507 e. The Bertz CT molecular complexity index is 1210. The van der Waals surface area contributed by atoms with Gasteiger partial charge in [-0.2, -0.15) is 0 Å². The molecular weight excluding hydrogens is 616 g/mol. The lowest BCUT2D eigenvalue weighted by Gasteiger charge is -2.12. The third-order valence-corrected chi connectivity index (χ3v) is 10.2. The molecule has 0 atom stereocenters. The number of hydrogen-bond acceptors (Lipinski definition) is 8. The number of carbonyl (C=O) groups excluding carboxylic acids is 2. The number of rotatable bonds is 26. The Morgan fingerprint density at radius 3 is 1.13 bits per heavy atom. The van der Waals surface area contributed by atoms with Crippen molar-refractivity contribution in [1.82, 2.24) is 0 Å². The lowest BCUT2D eigenvalue weighted by Crippen LogP contribution is -2.11. The standard InChI is InChI=1S/C38H58O8S/c1-3-5-7-9-11-13-15-17-19-21-27-45-37(41)31-23-25-33(39)35(29-31)47(43,44)36-30-32(24-26-34(36)40)38(42)46-28-22-20-18-16-14-12-10-8-6-4-2/h23-26,29-30,39-40H,3-22,27-28H2,1-2H3. The zero-order valence-electron chi connectivity index (χ0n) is 28.8. The van der Waals surface area contributed by atoms with Crippen LogP contribution < -0.4 is 0 Å². The zero-order valence-corrected chi connectivity index (χ0v) is 29.6. The summed E-state index contributed by atoms with van der Waals surface area (Å²) in [6, 6.07) is 6.84. The number of phenolic OH excluding ortho intramolecular Hbond substituents is 2. The molecule has 2 N–H and O–H groups in total. The van der Waals surface area contributed by atoms with E-state index in [1.807, 2.05) is 0 Å². The number of aromatic hydroxyl groups is 2. The Balaban J connectivity index is 1.86. The molecule has 0 aliphatic heterocycles. The van der Waals surface area contributed by atoms with Crippen LogP contribution in [-0.2, 0) is 19.3 Å². The van der Waals surface area contributed by atoms with Crippen molar-refractivity contribution in [3.63, 3.8) is 0 Å². The number of hydrogen-bond donors (Lipinski definition) is 2. The highest BCUT2D eigenvalue weighted by molar-refractivity contribution is 7.91. The Labute approximate surface area is 283 Å². The molecule has 0 bridgehead atoms. The molecule has 2 aromatic rings. The fourth-order valence-corrected chi connectivity index (χ4v) is 6.99. The molecule has 47 heavy (non-hydrogen) atoms. The van der Waals surface area contributed by atoms with Crippen LogP contribution in [-0.4, -0.2) is 43.8 Å². The van der Waals surface area contributed by atoms with Crippen molar-refractivity contribution in [3.05, 3.63) is 47.5 Å². The lowest BCUT2D eigenvalue weighted by molar-refractivity contribution is 0.0488.